The van der Waals surface area contributed by atoms with Crippen LogP contribution in [0.5, 0.6) is 0 Å². The molecule has 0 spiro atoms. The molecule has 0 saturated carbocycles. The number of ether oxygens (including phenoxy) is 4. The summed E-state index contributed by atoms with van der Waals surface area (Å²) in [6, 6.07) is 17.5. The SMILES string of the molecule is C=CCCC(C)(C)O[C@@H]1O[C@@H](C)[C@H](OC(=O)c2ccccc2)C[C@H]1OC(=O)c1ccccc1. The zero-order chi connectivity index (χ0) is 23.8. The molecule has 0 unspecified atom stereocenters. The van der Waals surface area contributed by atoms with Crippen LogP contribution in [-0.4, -0.2) is 42.1 Å². The van der Waals surface area contributed by atoms with Crippen LogP contribution in [0.15, 0.2) is 73.3 Å². The summed E-state index contributed by atoms with van der Waals surface area (Å²) in [6.07, 6.45) is 1.04. The number of allylic oxidation sites excluding steroid dienone is 1. The van der Waals surface area contributed by atoms with Gasteiger partial charge in [-0.15, -0.1) is 6.58 Å². The predicted molar refractivity (Wildman–Crippen MR) is 125 cm³/mol. The van der Waals surface area contributed by atoms with E-state index in [0.717, 1.165) is 12.8 Å². The molecule has 176 valence electrons. The van der Waals surface area contributed by atoms with Gasteiger partial charge in [-0.25, -0.2) is 9.59 Å². The molecule has 2 aromatic carbocycles. The average Bonchev–Trinajstić information content (AvgIpc) is 2.81. The normalized spacial score (nSPS) is 22.9. The maximum absolute atomic E-state index is 12.8. The third-order valence-corrected chi connectivity index (χ3v) is 5.56. The second kappa shape index (κ2) is 11.3. The van der Waals surface area contributed by atoms with Gasteiger partial charge in [0.05, 0.1) is 22.8 Å². The van der Waals surface area contributed by atoms with Crippen LogP contribution in [-0.2, 0) is 18.9 Å². The van der Waals surface area contributed by atoms with E-state index >= 15 is 0 Å². The summed E-state index contributed by atoms with van der Waals surface area (Å²) in [5.74, 6) is -0.931. The predicted octanol–water partition coefficient (Wildman–Crippen LogP) is 5.33. The highest BCUT2D eigenvalue weighted by molar-refractivity contribution is 5.90. The summed E-state index contributed by atoms with van der Waals surface area (Å²) < 4.78 is 23.9. The van der Waals surface area contributed by atoms with E-state index in [1.807, 2.05) is 39.0 Å². The first kappa shape index (κ1) is 24.7. The van der Waals surface area contributed by atoms with E-state index in [-0.39, 0.29) is 6.42 Å². The highest BCUT2D eigenvalue weighted by Gasteiger charge is 2.43. The molecule has 0 aromatic heterocycles. The molecule has 3 rings (SSSR count). The Bertz CT molecular complexity index is 924. The number of hydrogen-bond acceptors (Lipinski definition) is 6. The largest absolute Gasteiger partial charge is 0.456 e. The van der Waals surface area contributed by atoms with Crippen LogP contribution in [0.4, 0.5) is 0 Å². The molecule has 0 aliphatic carbocycles. The fraction of sp³-hybridized carbons (Fsp3) is 0.407. The van der Waals surface area contributed by atoms with E-state index in [9.17, 15) is 9.59 Å². The van der Waals surface area contributed by atoms with Crippen molar-refractivity contribution >= 4 is 11.9 Å². The highest BCUT2D eigenvalue weighted by Crippen LogP contribution is 2.31. The smallest absolute Gasteiger partial charge is 0.338 e. The molecule has 0 N–H and O–H groups in total. The van der Waals surface area contributed by atoms with Crippen molar-refractivity contribution in [2.45, 2.75) is 70.2 Å². The summed E-state index contributed by atoms with van der Waals surface area (Å²) >= 11 is 0. The zero-order valence-electron chi connectivity index (χ0n) is 19.4. The molecule has 0 bridgehead atoms. The number of carbonyl (C=O) groups excluding carboxylic acids is 2. The molecule has 1 aliphatic heterocycles. The molecule has 6 heteroatoms. The van der Waals surface area contributed by atoms with Gasteiger partial charge in [-0.1, -0.05) is 42.5 Å². The van der Waals surface area contributed by atoms with E-state index in [0.29, 0.717) is 11.1 Å². The van der Waals surface area contributed by atoms with Gasteiger partial charge >= 0.3 is 11.9 Å². The molecule has 6 nitrogen and oxygen atoms in total. The first-order valence-electron chi connectivity index (χ1n) is 11.3. The first-order valence-corrected chi connectivity index (χ1v) is 11.3. The lowest BCUT2D eigenvalue weighted by Crippen LogP contribution is -2.52. The van der Waals surface area contributed by atoms with Crippen LogP contribution in [0.3, 0.4) is 0 Å². The van der Waals surface area contributed by atoms with Crippen molar-refractivity contribution in [1.29, 1.82) is 0 Å². The van der Waals surface area contributed by atoms with Gasteiger partial charge in [0.1, 0.15) is 6.10 Å². The van der Waals surface area contributed by atoms with Crippen molar-refractivity contribution in [3.63, 3.8) is 0 Å². The van der Waals surface area contributed by atoms with Crippen LogP contribution in [0.25, 0.3) is 0 Å². The van der Waals surface area contributed by atoms with Crippen molar-refractivity contribution in [2.75, 3.05) is 0 Å². The maximum atomic E-state index is 12.8. The Balaban J connectivity index is 1.76. The van der Waals surface area contributed by atoms with Gasteiger partial charge in [0, 0.05) is 6.42 Å². The number of rotatable bonds is 9. The number of carbonyl (C=O) groups is 2. The molecule has 1 saturated heterocycles. The van der Waals surface area contributed by atoms with Crippen LogP contribution in [0.1, 0.15) is 60.7 Å². The molecule has 1 fully saturated rings. The third-order valence-electron chi connectivity index (χ3n) is 5.56. The molecule has 1 aliphatic rings. The molecule has 4 atom stereocenters. The quantitative estimate of drug-likeness (QED) is 0.378. The van der Waals surface area contributed by atoms with Crippen molar-refractivity contribution in [1.82, 2.24) is 0 Å². The fourth-order valence-electron chi connectivity index (χ4n) is 3.65. The summed E-state index contributed by atoms with van der Waals surface area (Å²) in [5.41, 5.74) is 0.355. The Hall–Kier alpha value is -2.96. The van der Waals surface area contributed by atoms with Gasteiger partial charge in [-0.05, 0) is 57.9 Å². The van der Waals surface area contributed by atoms with Gasteiger partial charge in [0.2, 0.25) is 0 Å². The van der Waals surface area contributed by atoms with Crippen molar-refractivity contribution in [2.24, 2.45) is 0 Å². The van der Waals surface area contributed by atoms with E-state index in [4.69, 9.17) is 18.9 Å². The van der Waals surface area contributed by atoms with E-state index in [1.54, 1.807) is 48.5 Å². The monoisotopic (exact) mass is 452 g/mol. The average molecular weight is 453 g/mol. The van der Waals surface area contributed by atoms with E-state index in [1.165, 1.54) is 0 Å². The van der Waals surface area contributed by atoms with Gasteiger partial charge < -0.3 is 18.9 Å². The molecule has 33 heavy (non-hydrogen) atoms. The standard InChI is InChI=1S/C27H32O6/c1-5-6-17-27(3,4)33-26-23(32-25(29)21-15-11-8-12-16-21)18-22(19(2)30-26)31-24(28)20-13-9-7-10-14-20/h5,7-16,19,22-23,26H,1,6,17-18H2,2-4H3/t19-,22+,23+,26-/m0/s1. The van der Waals surface area contributed by atoms with Crippen molar-refractivity contribution < 1.29 is 28.5 Å². The fourth-order valence-corrected chi connectivity index (χ4v) is 3.65. The minimum Gasteiger partial charge on any atom is -0.456 e. The summed E-state index contributed by atoms with van der Waals surface area (Å²) in [7, 11) is 0. The van der Waals surface area contributed by atoms with Crippen LogP contribution >= 0.6 is 0 Å². The number of hydrogen-bond donors (Lipinski definition) is 0. The van der Waals surface area contributed by atoms with Crippen LogP contribution < -0.4 is 0 Å². The van der Waals surface area contributed by atoms with Gasteiger partial charge in [0.25, 0.3) is 0 Å². The Morgan fingerprint density at radius 3 is 2.00 bits per heavy atom. The maximum Gasteiger partial charge on any atom is 0.338 e. The van der Waals surface area contributed by atoms with Gasteiger partial charge in [-0.3, -0.25) is 0 Å². The topological polar surface area (TPSA) is 71.1 Å². The first-order chi connectivity index (χ1) is 15.8. The molecule has 2 aromatic rings. The van der Waals surface area contributed by atoms with Crippen molar-refractivity contribution in [3.05, 3.63) is 84.4 Å². The Morgan fingerprint density at radius 2 is 1.48 bits per heavy atom. The summed E-state index contributed by atoms with van der Waals surface area (Å²) in [5, 5.41) is 0. The minimum atomic E-state index is -0.792. The third kappa shape index (κ3) is 7.01. The second-order valence-electron chi connectivity index (χ2n) is 8.77. The van der Waals surface area contributed by atoms with Crippen molar-refractivity contribution in [3.8, 4) is 0 Å². The van der Waals surface area contributed by atoms with E-state index < -0.39 is 42.1 Å². The van der Waals surface area contributed by atoms with E-state index in [2.05, 4.69) is 6.58 Å². The molecule has 0 radical (unpaired) electrons. The molecular formula is C27H32O6. The van der Waals surface area contributed by atoms with Crippen LogP contribution in [0.2, 0.25) is 0 Å². The lowest BCUT2D eigenvalue weighted by atomic mass is 10.00. The van der Waals surface area contributed by atoms with Gasteiger partial charge in [0.15, 0.2) is 12.4 Å². The molecule has 0 amide bonds. The summed E-state index contributed by atoms with van der Waals surface area (Å²) in [4.78, 5) is 25.4. The summed E-state index contributed by atoms with van der Waals surface area (Å²) in [6.45, 7) is 9.51. The molecular weight excluding hydrogens is 420 g/mol. The Morgan fingerprint density at radius 1 is 0.970 bits per heavy atom. The second-order valence-corrected chi connectivity index (χ2v) is 8.77. The lowest BCUT2D eigenvalue weighted by molar-refractivity contribution is -0.290. The Kier molecular flexibility index (Phi) is 8.42. The number of esters is 2. The lowest BCUT2D eigenvalue weighted by Gasteiger charge is -2.42. The number of benzene rings is 2. The van der Waals surface area contributed by atoms with Gasteiger partial charge in [-0.2, -0.15) is 0 Å². The van der Waals surface area contributed by atoms with Crippen LogP contribution in [0, 0.1) is 0 Å². The minimum absolute atomic E-state index is 0.264. The zero-order valence-corrected chi connectivity index (χ0v) is 19.4. The molecule has 1 heterocycles. The highest BCUT2D eigenvalue weighted by atomic mass is 16.7. The Labute approximate surface area is 195 Å².